The second-order valence-electron chi connectivity index (χ2n) is 4.72. The molecule has 0 spiro atoms. The fourth-order valence-corrected chi connectivity index (χ4v) is 2.50. The van der Waals surface area contributed by atoms with E-state index in [-0.39, 0.29) is 17.8 Å². The number of halogens is 1. The first kappa shape index (κ1) is 13.0. The van der Waals surface area contributed by atoms with Gasteiger partial charge < -0.3 is 10.2 Å². The van der Waals surface area contributed by atoms with Crippen molar-refractivity contribution in [3.8, 4) is 0 Å². The average Bonchev–Trinajstić information content (AvgIpc) is 2.39. The molecule has 0 aliphatic carbocycles. The number of hydrogen-bond acceptors (Lipinski definition) is 2. The van der Waals surface area contributed by atoms with Crippen LogP contribution in [0.4, 0.5) is 4.39 Å². The summed E-state index contributed by atoms with van der Waals surface area (Å²) in [5.74, 6) is -0.419. The molecule has 18 heavy (non-hydrogen) atoms. The van der Waals surface area contributed by atoms with Crippen LogP contribution in [0.1, 0.15) is 29.6 Å². The van der Waals surface area contributed by atoms with Crippen LogP contribution in [0.25, 0.3) is 0 Å². The second kappa shape index (κ2) is 5.96. The number of nitrogens with zero attached hydrogens (tertiary/aromatic N) is 1. The van der Waals surface area contributed by atoms with Gasteiger partial charge in [-0.15, -0.1) is 0 Å². The third-order valence-electron chi connectivity index (χ3n) is 3.40. The fraction of sp³-hybridized carbons (Fsp3) is 0.500. The number of likely N-dealkylation sites (tertiary alicyclic amines) is 1. The summed E-state index contributed by atoms with van der Waals surface area (Å²) in [4.78, 5) is 14.2. The van der Waals surface area contributed by atoms with E-state index in [1.807, 2.05) is 11.9 Å². The predicted octanol–water partition coefficient (Wildman–Crippen LogP) is 2.04. The molecule has 3 nitrogen and oxygen atoms in total. The molecule has 2 rings (SSSR count). The van der Waals surface area contributed by atoms with Gasteiger partial charge in [-0.25, -0.2) is 4.39 Å². The Morgan fingerprint density at radius 1 is 1.50 bits per heavy atom. The minimum Gasteiger partial charge on any atom is -0.334 e. The van der Waals surface area contributed by atoms with Gasteiger partial charge in [0.1, 0.15) is 5.82 Å². The summed E-state index contributed by atoms with van der Waals surface area (Å²) in [7, 11) is 1.89. The Morgan fingerprint density at radius 2 is 2.33 bits per heavy atom. The van der Waals surface area contributed by atoms with E-state index >= 15 is 0 Å². The van der Waals surface area contributed by atoms with E-state index in [0.717, 1.165) is 32.4 Å². The van der Waals surface area contributed by atoms with E-state index < -0.39 is 0 Å². The summed E-state index contributed by atoms with van der Waals surface area (Å²) in [6.07, 6.45) is 3.20. The van der Waals surface area contributed by atoms with Crippen molar-refractivity contribution in [1.82, 2.24) is 10.2 Å². The molecule has 1 atom stereocenters. The maximum atomic E-state index is 13.2. The van der Waals surface area contributed by atoms with Gasteiger partial charge in [-0.1, -0.05) is 6.07 Å². The largest absolute Gasteiger partial charge is 0.334 e. The Labute approximate surface area is 107 Å². The Bertz CT molecular complexity index is 420. The monoisotopic (exact) mass is 250 g/mol. The van der Waals surface area contributed by atoms with Crippen LogP contribution in [-0.2, 0) is 0 Å². The standard InChI is InChI=1S/C14H19FN2O/c1-16-10-13-7-2-3-8-17(13)14(18)11-5-4-6-12(15)9-11/h4-6,9,13,16H,2-3,7-8,10H2,1H3. The Morgan fingerprint density at radius 3 is 3.06 bits per heavy atom. The lowest BCUT2D eigenvalue weighted by Crippen LogP contribution is -2.48. The SMILES string of the molecule is CNCC1CCCCN1C(=O)c1cccc(F)c1. The number of piperidine rings is 1. The first-order chi connectivity index (χ1) is 8.72. The van der Waals surface area contributed by atoms with Crippen LogP contribution >= 0.6 is 0 Å². The molecular formula is C14H19FN2O. The van der Waals surface area contributed by atoms with Gasteiger partial charge in [0.25, 0.3) is 5.91 Å². The summed E-state index contributed by atoms with van der Waals surface area (Å²) < 4.78 is 13.2. The molecule has 1 fully saturated rings. The predicted molar refractivity (Wildman–Crippen MR) is 69.0 cm³/mol. The molecule has 1 unspecified atom stereocenters. The van der Waals surface area contributed by atoms with Crippen LogP contribution in [-0.4, -0.2) is 37.0 Å². The first-order valence-corrected chi connectivity index (χ1v) is 6.43. The molecular weight excluding hydrogens is 231 g/mol. The zero-order valence-corrected chi connectivity index (χ0v) is 10.7. The van der Waals surface area contributed by atoms with Crippen molar-refractivity contribution in [2.24, 2.45) is 0 Å². The van der Waals surface area contributed by atoms with Gasteiger partial charge in [0.05, 0.1) is 0 Å². The molecule has 4 heteroatoms. The zero-order valence-electron chi connectivity index (χ0n) is 10.7. The lowest BCUT2D eigenvalue weighted by molar-refractivity contribution is 0.0614. The maximum Gasteiger partial charge on any atom is 0.254 e. The molecule has 0 bridgehead atoms. The number of rotatable bonds is 3. The summed E-state index contributed by atoms with van der Waals surface area (Å²) >= 11 is 0. The van der Waals surface area contributed by atoms with Crippen molar-refractivity contribution in [2.75, 3.05) is 20.1 Å². The van der Waals surface area contributed by atoms with E-state index in [1.165, 1.54) is 12.1 Å². The van der Waals surface area contributed by atoms with Crippen LogP contribution in [0, 0.1) is 5.82 Å². The van der Waals surface area contributed by atoms with Gasteiger partial charge in [0.15, 0.2) is 0 Å². The molecule has 1 aromatic carbocycles. The normalized spacial score (nSPS) is 19.9. The van der Waals surface area contributed by atoms with Crippen LogP contribution in [0.2, 0.25) is 0 Å². The highest BCUT2D eigenvalue weighted by atomic mass is 19.1. The summed E-state index contributed by atoms with van der Waals surface area (Å²) in [6.45, 7) is 1.56. The number of amides is 1. The highest BCUT2D eigenvalue weighted by Gasteiger charge is 2.26. The zero-order chi connectivity index (χ0) is 13.0. The van der Waals surface area contributed by atoms with Gasteiger partial charge >= 0.3 is 0 Å². The average molecular weight is 250 g/mol. The van der Waals surface area contributed by atoms with Gasteiger partial charge in [-0.2, -0.15) is 0 Å². The maximum absolute atomic E-state index is 13.2. The number of benzene rings is 1. The van der Waals surface area contributed by atoms with Crippen LogP contribution in [0.3, 0.4) is 0 Å². The van der Waals surface area contributed by atoms with Crippen LogP contribution in [0.15, 0.2) is 24.3 Å². The molecule has 1 N–H and O–H groups in total. The molecule has 0 aromatic heterocycles. The number of carbonyl (C=O) groups is 1. The van der Waals surface area contributed by atoms with E-state index in [0.29, 0.717) is 5.56 Å². The smallest absolute Gasteiger partial charge is 0.254 e. The quantitative estimate of drug-likeness (QED) is 0.890. The molecule has 1 heterocycles. The van der Waals surface area contributed by atoms with E-state index in [1.54, 1.807) is 12.1 Å². The van der Waals surface area contributed by atoms with E-state index in [2.05, 4.69) is 5.32 Å². The highest BCUT2D eigenvalue weighted by molar-refractivity contribution is 5.94. The molecule has 0 saturated carbocycles. The highest BCUT2D eigenvalue weighted by Crippen LogP contribution is 2.19. The first-order valence-electron chi connectivity index (χ1n) is 6.43. The number of nitrogens with one attached hydrogen (secondary N) is 1. The van der Waals surface area contributed by atoms with Crippen molar-refractivity contribution in [2.45, 2.75) is 25.3 Å². The third-order valence-corrected chi connectivity index (χ3v) is 3.40. The number of carbonyl (C=O) groups excluding carboxylic acids is 1. The Balaban J connectivity index is 2.15. The Kier molecular flexibility index (Phi) is 4.31. The van der Waals surface area contributed by atoms with Gasteiger partial charge in [0.2, 0.25) is 0 Å². The summed E-state index contributed by atoms with van der Waals surface area (Å²) in [5, 5.41) is 3.12. The number of hydrogen-bond donors (Lipinski definition) is 1. The van der Waals surface area contributed by atoms with Gasteiger partial charge in [0, 0.05) is 24.7 Å². The minimum atomic E-state index is -0.358. The van der Waals surface area contributed by atoms with Crippen molar-refractivity contribution in [3.63, 3.8) is 0 Å². The molecule has 0 radical (unpaired) electrons. The minimum absolute atomic E-state index is 0.0607. The molecule has 1 saturated heterocycles. The Hall–Kier alpha value is -1.42. The topological polar surface area (TPSA) is 32.3 Å². The van der Waals surface area contributed by atoms with Crippen molar-refractivity contribution in [1.29, 1.82) is 0 Å². The lowest BCUT2D eigenvalue weighted by atomic mass is 10.0. The lowest BCUT2D eigenvalue weighted by Gasteiger charge is -2.35. The number of likely N-dealkylation sites (N-methyl/N-ethyl adjacent to an activating group) is 1. The second-order valence-corrected chi connectivity index (χ2v) is 4.72. The van der Waals surface area contributed by atoms with E-state index in [9.17, 15) is 9.18 Å². The van der Waals surface area contributed by atoms with Crippen molar-refractivity contribution < 1.29 is 9.18 Å². The summed E-state index contributed by atoms with van der Waals surface area (Å²) in [5.41, 5.74) is 0.443. The van der Waals surface area contributed by atoms with Crippen molar-refractivity contribution >= 4 is 5.91 Å². The molecule has 1 aliphatic rings. The molecule has 1 amide bonds. The summed E-state index contributed by atoms with van der Waals surface area (Å²) in [6, 6.07) is 6.15. The van der Waals surface area contributed by atoms with Crippen LogP contribution in [0.5, 0.6) is 0 Å². The fourth-order valence-electron chi connectivity index (χ4n) is 2.50. The van der Waals surface area contributed by atoms with Gasteiger partial charge in [-0.05, 0) is 44.5 Å². The van der Waals surface area contributed by atoms with Crippen molar-refractivity contribution in [3.05, 3.63) is 35.6 Å². The molecule has 1 aromatic rings. The van der Waals surface area contributed by atoms with E-state index in [4.69, 9.17) is 0 Å². The molecule has 1 aliphatic heterocycles. The van der Waals surface area contributed by atoms with Gasteiger partial charge in [-0.3, -0.25) is 4.79 Å². The van der Waals surface area contributed by atoms with Crippen LogP contribution < -0.4 is 5.32 Å². The third kappa shape index (κ3) is 2.88. The molecule has 98 valence electrons.